The molecule has 7 N–H and O–H groups in total. The van der Waals surface area contributed by atoms with Gasteiger partial charge >= 0.3 is 11.8 Å². The van der Waals surface area contributed by atoms with E-state index in [4.69, 9.17) is 11.6 Å². The molecule has 0 fully saturated rings. The summed E-state index contributed by atoms with van der Waals surface area (Å²) >= 11 is 6.09. The third-order valence-corrected chi connectivity index (χ3v) is 16.4. The van der Waals surface area contributed by atoms with Gasteiger partial charge in [-0.1, -0.05) is 30.7 Å². The Morgan fingerprint density at radius 1 is 0.546 bits per heavy atom. The number of aromatic nitrogens is 17. The fourth-order valence-corrected chi connectivity index (χ4v) is 11.3. The van der Waals surface area contributed by atoms with Gasteiger partial charge in [0.2, 0.25) is 5.65 Å². The minimum Gasteiger partial charge on any atom is -0.340 e. The number of alkyl halides is 5. The second-order valence-corrected chi connectivity index (χ2v) is 24.0. The van der Waals surface area contributed by atoms with Crippen molar-refractivity contribution in [3.05, 3.63) is 180 Å². The number of benzene rings is 4. The number of H-pyrrole nitrogens is 3. The van der Waals surface area contributed by atoms with E-state index < -0.39 is 30.0 Å². The number of fused-ring (bicyclic) bond motifs is 8. The number of carbonyl (C=O) groups excluding carboxylic acids is 1. The molecule has 14 aromatic rings. The van der Waals surface area contributed by atoms with Gasteiger partial charge < -0.3 is 21.3 Å². The van der Waals surface area contributed by atoms with Crippen molar-refractivity contribution in [2.45, 2.75) is 98.6 Å². The Morgan fingerprint density at radius 2 is 1.11 bits per heavy atom. The normalized spacial score (nSPS) is 13.3. The molecule has 0 aliphatic carbocycles. The van der Waals surface area contributed by atoms with Gasteiger partial charge in [0.05, 0.1) is 64.2 Å². The zero-order chi connectivity index (χ0) is 67.9. The van der Waals surface area contributed by atoms with Crippen LogP contribution < -0.4 is 21.3 Å². The largest absolute Gasteiger partial charge is 0.340 e. The first-order valence-electron chi connectivity index (χ1n) is 30.6. The fraction of sp³-hybridized carbons (Fsp3) is 0.224. The van der Waals surface area contributed by atoms with Gasteiger partial charge in [0.1, 0.15) is 34.4 Å². The summed E-state index contributed by atoms with van der Waals surface area (Å²) in [5.74, 6) is -4.93. The van der Waals surface area contributed by atoms with E-state index >= 15 is 0 Å². The van der Waals surface area contributed by atoms with Crippen LogP contribution in [0.5, 0.6) is 0 Å². The highest BCUT2D eigenvalue weighted by molar-refractivity contribution is 6.70. The monoisotopic (exact) mass is 1330 g/mol. The van der Waals surface area contributed by atoms with E-state index in [1.54, 1.807) is 67.6 Å². The molecule has 2 aliphatic rings. The number of aromatic amines is 3. The Labute approximate surface area is 553 Å². The first-order chi connectivity index (χ1) is 46.5. The molecule has 30 heteroatoms. The van der Waals surface area contributed by atoms with Crippen molar-refractivity contribution in [1.82, 2.24) is 84.9 Å². The van der Waals surface area contributed by atoms with Gasteiger partial charge in [0, 0.05) is 94.9 Å². The average molecular weight is 1330 g/mol. The summed E-state index contributed by atoms with van der Waals surface area (Å²) < 4.78 is 71.7. The Bertz CT molecular complexity index is 5360. The average Bonchev–Trinajstić information content (AvgIpc) is 1.65. The van der Waals surface area contributed by atoms with E-state index in [-0.39, 0.29) is 6.54 Å². The summed E-state index contributed by atoms with van der Waals surface area (Å²) in [7, 11) is 0. The molecule has 0 amide bonds. The van der Waals surface area contributed by atoms with Crippen LogP contribution in [0.1, 0.15) is 78.4 Å². The number of hydrogen-bond acceptors (Lipinski definition) is 18. The predicted octanol–water partition coefficient (Wildman–Crippen LogP) is 14.5. The van der Waals surface area contributed by atoms with Crippen molar-refractivity contribution in [3.8, 4) is 0 Å². The number of carbonyl (C=O) groups is 1. The van der Waals surface area contributed by atoms with E-state index in [0.29, 0.717) is 93.5 Å². The van der Waals surface area contributed by atoms with E-state index in [1.165, 1.54) is 10.9 Å². The molecule has 24 nitrogen and oxygen atoms in total. The standard InChI is InChI=1S/C19H21FN6.C17H16F2N6.C16H13F2N7O.C15H11ClN4/c1-4-19(3,20)11-26-16-8-7-13(10-15(16)12(2)25-26)22-18-14-6-5-9-21-17(14)23-24-18;1-10-12-8-11(5-6-14(12)25(24-10)9-17(2,18)19)21-16-15-13(22-23-16)4-3-7-20-15;1-8-10-7-9(21-14-12-13(22-23-14)20-6-5-19-12)3-4-11(10)25(24-8)15(26)16(2,17)18;16-14-12-6-11(4-3-9(12)7-18-14)20-15-13-10(8-19-15)2-1-5-17-13/h5-10H,4,11H2,1-3H3,(H2,21,22,23,24);3-8H,9H2,1-2H3,(H2,21,22,23);3-7H,1-2H3,(H2,20,21,22,23);1-6H,7-8H2,(H,19,20). The maximum atomic E-state index is 14.4. The van der Waals surface area contributed by atoms with Crippen LogP contribution in [0.15, 0.2) is 150 Å². The van der Waals surface area contributed by atoms with Crippen molar-refractivity contribution in [1.29, 1.82) is 0 Å². The van der Waals surface area contributed by atoms with E-state index in [1.807, 2.05) is 106 Å². The number of aliphatic imine (C=N–C) groups is 2. The highest BCUT2D eigenvalue weighted by atomic mass is 35.5. The van der Waals surface area contributed by atoms with Crippen LogP contribution in [-0.2, 0) is 26.2 Å². The second kappa shape index (κ2) is 25.9. The SMILES string of the molecule is CCC(C)(F)Cn1nc(C)c2cc(Nc3[nH]nc4ncccc34)ccc21.Cc1nn(C(=O)C(C)(F)F)c2ccc(Nc3[nH]nc4nccnc34)cc12.Cc1nn(CC(C)(F)F)c2ccc(Nc3n[nH]c4cccnc34)cc12.ClC1=NCc2ccc(NC3=NCc4cccnc43)cc21. The lowest BCUT2D eigenvalue weighted by atomic mass is 10.1. The quantitative estimate of drug-likeness (QED) is 0.0528. The Balaban J connectivity index is 0.000000117. The lowest BCUT2D eigenvalue weighted by molar-refractivity contribution is 0.00174. The Kier molecular flexibility index (Phi) is 17.1. The minimum atomic E-state index is -3.50. The molecule has 0 bridgehead atoms. The number of nitrogens with zero attached hydrogens (tertiary/aromatic N) is 16. The van der Waals surface area contributed by atoms with E-state index in [9.17, 15) is 26.7 Å². The molecule has 0 saturated heterocycles. The fourth-order valence-electron chi connectivity index (χ4n) is 11.1. The molecule has 0 spiro atoms. The number of hydrogen-bond donors (Lipinski definition) is 7. The summed E-state index contributed by atoms with van der Waals surface area (Å²) in [5.41, 5.74) is 13.5. The third kappa shape index (κ3) is 13.7. The van der Waals surface area contributed by atoms with E-state index in [0.717, 1.165) is 101 Å². The van der Waals surface area contributed by atoms with Gasteiger partial charge in [-0.3, -0.25) is 49.4 Å². The predicted molar refractivity (Wildman–Crippen MR) is 365 cm³/mol. The first-order valence-corrected chi connectivity index (χ1v) is 31.0. The van der Waals surface area contributed by atoms with Crippen molar-refractivity contribution in [2.75, 3.05) is 21.3 Å². The number of aryl methyl sites for hydroxylation is 3. The minimum absolute atomic E-state index is 0.247. The Hall–Kier alpha value is -11.6. The molecule has 0 saturated carbocycles. The van der Waals surface area contributed by atoms with Gasteiger partial charge in [0.25, 0.3) is 5.92 Å². The van der Waals surface area contributed by atoms with Gasteiger partial charge in [-0.15, -0.1) is 0 Å². The molecule has 16 rings (SSSR count). The molecular weight excluding hydrogens is 1270 g/mol. The molecule has 4 aromatic carbocycles. The maximum absolute atomic E-state index is 14.4. The molecule has 97 heavy (non-hydrogen) atoms. The first kappa shape index (κ1) is 64.1. The van der Waals surface area contributed by atoms with Crippen molar-refractivity contribution < 1.29 is 26.7 Å². The summed E-state index contributed by atoms with van der Waals surface area (Å²) in [6.45, 7) is 11.5. The van der Waals surface area contributed by atoms with Gasteiger partial charge in [-0.05, 0) is 137 Å². The molecule has 1 unspecified atom stereocenters. The molecule has 492 valence electrons. The maximum Gasteiger partial charge on any atom is 0.324 e. The number of pyridine rings is 3. The summed E-state index contributed by atoms with van der Waals surface area (Å²) in [6, 6.07) is 34.0. The van der Waals surface area contributed by atoms with Crippen LogP contribution in [0.2, 0.25) is 0 Å². The van der Waals surface area contributed by atoms with Gasteiger partial charge in [0.15, 0.2) is 28.6 Å². The van der Waals surface area contributed by atoms with Crippen LogP contribution in [0.4, 0.5) is 62.2 Å². The van der Waals surface area contributed by atoms with Crippen molar-refractivity contribution >= 4 is 135 Å². The Morgan fingerprint density at radius 3 is 1.84 bits per heavy atom. The molecule has 12 heterocycles. The number of amidine groups is 1. The summed E-state index contributed by atoms with van der Waals surface area (Å²) in [6.07, 6.45) is 8.74. The third-order valence-electron chi connectivity index (χ3n) is 16.1. The van der Waals surface area contributed by atoms with Crippen LogP contribution >= 0.6 is 11.6 Å². The molecular formula is C67H61ClF5N23O. The smallest absolute Gasteiger partial charge is 0.324 e. The zero-order valence-electron chi connectivity index (χ0n) is 53.1. The molecule has 1 atom stereocenters. The second-order valence-electron chi connectivity index (χ2n) is 23.6. The van der Waals surface area contributed by atoms with Crippen molar-refractivity contribution in [2.24, 2.45) is 9.98 Å². The summed E-state index contributed by atoms with van der Waals surface area (Å²) in [5, 5.41) is 50.8. The van der Waals surface area contributed by atoms with Crippen LogP contribution in [0.25, 0.3) is 65.9 Å². The molecule has 0 radical (unpaired) electrons. The van der Waals surface area contributed by atoms with Gasteiger partial charge in [-0.25, -0.2) is 28.1 Å². The van der Waals surface area contributed by atoms with Crippen LogP contribution in [0.3, 0.4) is 0 Å². The van der Waals surface area contributed by atoms with E-state index in [2.05, 4.69) is 102 Å². The number of nitrogens with one attached hydrogen (secondary N) is 7. The summed E-state index contributed by atoms with van der Waals surface area (Å²) in [4.78, 5) is 41.8. The number of anilines is 7. The molecule has 10 aromatic heterocycles. The van der Waals surface area contributed by atoms with Crippen LogP contribution in [0, 0.1) is 20.8 Å². The van der Waals surface area contributed by atoms with Gasteiger partial charge in [-0.2, -0.15) is 44.1 Å². The van der Waals surface area contributed by atoms with Crippen molar-refractivity contribution in [3.63, 3.8) is 0 Å². The number of halogens is 6. The zero-order valence-corrected chi connectivity index (χ0v) is 53.9. The lowest BCUT2D eigenvalue weighted by Gasteiger charge is -2.18. The topological polar surface area (TPSA) is 294 Å². The molecule has 2 aliphatic heterocycles. The lowest BCUT2D eigenvalue weighted by Crippen LogP contribution is -2.31. The highest BCUT2D eigenvalue weighted by Gasteiger charge is 2.36. The van der Waals surface area contributed by atoms with Crippen LogP contribution in [-0.4, -0.2) is 119 Å². The number of rotatable bonds is 13. The highest BCUT2D eigenvalue weighted by Crippen LogP contribution is 2.33.